The number of anilines is 2. The van der Waals surface area contributed by atoms with Crippen molar-refractivity contribution in [3.05, 3.63) is 39.9 Å². The van der Waals surface area contributed by atoms with Crippen molar-refractivity contribution in [1.29, 1.82) is 0 Å². The summed E-state index contributed by atoms with van der Waals surface area (Å²) in [5, 5.41) is 11.1. The molecule has 0 unspecified atom stereocenters. The van der Waals surface area contributed by atoms with Crippen LogP contribution in [0.2, 0.25) is 0 Å². The molecule has 0 bridgehead atoms. The maximum Gasteiger partial charge on any atom is 0.337 e. The van der Waals surface area contributed by atoms with Gasteiger partial charge in [0.15, 0.2) is 5.69 Å². The van der Waals surface area contributed by atoms with Crippen LogP contribution in [0.5, 0.6) is 0 Å². The SMILES string of the molecule is Nc1nc(N)c([N+](=O)[O-])c(-c2ccc(C3CC3)cc2)n1. The van der Waals surface area contributed by atoms with Crippen molar-refractivity contribution in [2.24, 2.45) is 0 Å². The summed E-state index contributed by atoms with van der Waals surface area (Å²) < 4.78 is 0. The molecule has 2 aromatic rings. The summed E-state index contributed by atoms with van der Waals surface area (Å²) in [5.74, 6) is 0.331. The second-order valence-electron chi connectivity index (χ2n) is 4.82. The molecule has 0 spiro atoms. The van der Waals surface area contributed by atoms with E-state index in [4.69, 9.17) is 11.5 Å². The number of benzene rings is 1. The van der Waals surface area contributed by atoms with E-state index in [1.165, 1.54) is 18.4 Å². The van der Waals surface area contributed by atoms with E-state index < -0.39 is 4.92 Å². The van der Waals surface area contributed by atoms with Gasteiger partial charge < -0.3 is 11.5 Å². The van der Waals surface area contributed by atoms with Crippen molar-refractivity contribution < 1.29 is 4.92 Å². The molecule has 1 fully saturated rings. The zero-order valence-electron chi connectivity index (χ0n) is 10.6. The third kappa shape index (κ3) is 2.13. The molecule has 0 aliphatic heterocycles. The first-order chi connectivity index (χ1) is 9.56. The highest BCUT2D eigenvalue weighted by atomic mass is 16.6. The average Bonchev–Trinajstić information content (AvgIpc) is 3.21. The van der Waals surface area contributed by atoms with Crippen molar-refractivity contribution in [3.8, 4) is 11.3 Å². The van der Waals surface area contributed by atoms with Crippen LogP contribution in [-0.4, -0.2) is 14.9 Å². The van der Waals surface area contributed by atoms with Gasteiger partial charge in [-0.15, -0.1) is 0 Å². The predicted molar refractivity (Wildman–Crippen MR) is 74.9 cm³/mol. The van der Waals surface area contributed by atoms with Gasteiger partial charge in [-0.1, -0.05) is 24.3 Å². The Morgan fingerprint density at radius 1 is 1.15 bits per heavy atom. The van der Waals surface area contributed by atoms with Crippen LogP contribution < -0.4 is 11.5 Å². The second-order valence-corrected chi connectivity index (χ2v) is 4.82. The smallest absolute Gasteiger partial charge is 0.337 e. The number of nitrogens with zero attached hydrogens (tertiary/aromatic N) is 3. The summed E-state index contributed by atoms with van der Waals surface area (Å²) in [7, 11) is 0. The first kappa shape index (κ1) is 12.3. The molecule has 0 saturated heterocycles. The Hall–Kier alpha value is -2.70. The Morgan fingerprint density at radius 3 is 2.35 bits per heavy atom. The Kier molecular flexibility index (Phi) is 2.74. The maximum atomic E-state index is 11.1. The molecule has 0 radical (unpaired) electrons. The van der Waals surface area contributed by atoms with E-state index in [1.54, 1.807) is 0 Å². The van der Waals surface area contributed by atoms with Crippen LogP contribution in [0.3, 0.4) is 0 Å². The molecule has 20 heavy (non-hydrogen) atoms. The van der Waals surface area contributed by atoms with E-state index in [2.05, 4.69) is 9.97 Å². The topological polar surface area (TPSA) is 121 Å². The Labute approximate surface area is 114 Å². The van der Waals surface area contributed by atoms with E-state index in [0.29, 0.717) is 11.5 Å². The minimum absolute atomic E-state index is 0.0747. The molecular weight excluding hydrogens is 258 g/mol. The lowest BCUT2D eigenvalue weighted by Gasteiger charge is -2.06. The van der Waals surface area contributed by atoms with E-state index in [9.17, 15) is 10.1 Å². The first-order valence-electron chi connectivity index (χ1n) is 6.24. The van der Waals surface area contributed by atoms with Crippen LogP contribution in [0.15, 0.2) is 24.3 Å². The van der Waals surface area contributed by atoms with Gasteiger partial charge in [0.25, 0.3) is 0 Å². The van der Waals surface area contributed by atoms with Crippen LogP contribution in [-0.2, 0) is 0 Å². The molecular formula is C13H13N5O2. The van der Waals surface area contributed by atoms with E-state index in [1.807, 2.05) is 24.3 Å². The quantitative estimate of drug-likeness (QED) is 0.651. The third-order valence-corrected chi connectivity index (χ3v) is 3.34. The molecule has 4 N–H and O–H groups in total. The molecule has 1 aliphatic rings. The number of hydrogen-bond donors (Lipinski definition) is 2. The number of hydrogen-bond acceptors (Lipinski definition) is 6. The fraction of sp³-hybridized carbons (Fsp3) is 0.231. The molecule has 3 rings (SSSR count). The lowest BCUT2D eigenvalue weighted by atomic mass is 10.1. The molecule has 1 heterocycles. The third-order valence-electron chi connectivity index (χ3n) is 3.34. The largest absolute Gasteiger partial charge is 0.378 e. The van der Waals surface area contributed by atoms with E-state index in [-0.39, 0.29) is 23.1 Å². The zero-order chi connectivity index (χ0) is 14.3. The van der Waals surface area contributed by atoms with Crippen molar-refractivity contribution >= 4 is 17.5 Å². The summed E-state index contributed by atoms with van der Waals surface area (Å²) >= 11 is 0. The first-order valence-corrected chi connectivity index (χ1v) is 6.24. The van der Waals surface area contributed by atoms with Crippen LogP contribution in [0.1, 0.15) is 24.3 Å². The second kappa shape index (κ2) is 4.44. The van der Waals surface area contributed by atoms with Crippen LogP contribution in [0, 0.1) is 10.1 Å². The van der Waals surface area contributed by atoms with Crippen molar-refractivity contribution in [2.45, 2.75) is 18.8 Å². The fourth-order valence-corrected chi connectivity index (χ4v) is 2.20. The molecule has 1 aliphatic carbocycles. The number of aromatic nitrogens is 2. The van der Waals surface area contributed by atoms with Crippen LogP contribution in [0.4, 0.5) is 17.5 Å². The van der Waals surface area contributed by atoms with Gasteiger partial charge in [0, 0.05) is 5.56 Å². The van der Waals surface area contributed by atoms with E-state index >= 15 is 0 Å². The minimum atomic E-state index is -0.584. The average molecular weight is 271 g/mol. The molecule has 7 nitrogen and oxygen atoms in total. The molecule has 0 atom stereocenters. The minimum Gasteiger partial charge on any atom is -0.378 e. The van der Waals surface area contributed by atoms with E-state index in [0.717, 1.165) is 0 Å². The summed E-state index contributed by atoms with van der Waals surface area (Å²) in [6.45, 7) is 0. The lowest BCUT2D eigenvalue weighted by Crippen LogP contribution is -2.06. The summed E-state index contributed by atoms with van der Waals surface area (Å²) in [5.41, 5.74) is 12.8. The van der Waals surface area contributed by atoms with Crippen LogP contribution in [0.25, 0.3) is 11.3 Å². The maximum absolute atomic E-state index is 11.1. The lowest BCUT2D eigenvalue weighted by molar-refractivity contribution is -0.383. The van der Waals surface area contributed by atoms with Gasteiger partial charge in [0.05, 0.1) is 4.92 Å². The normalized spacial score (nSPS) is 14.2. The Bertz CT molecular complexity index is 680. The molecule has 1 aromatic heterocycles. The molecule has 1 saturated carbocycles. The molecule has 0 amide bonds. The summed E-state index contributed by atoms with van der Waals surface area (Å²) in [4.78, 5) is 18.1. The van der Waals surface area contributed by atoms with Gasteiger partial charge in [0.1, 0.15) is 0 Å². The van der Waals surface area contributed by atoms with Crippen molar-refractivity contribution in [1.82, 2.24) is 9.97 Å². The highest BCUT2D eigenvalue weighted by Gasteiger charge is 2.25. The van der Waals surface area contributed by atoms with Gasteiger partial charge in [0.2, 0.25) is 11.8 Å². The highest BCUT2D eigenvalue weighted by Crippen LogP contribution is 2.41. The number of nitrogens with two attached hydrogens (primary N) is 2. The van der Waals surface area contributed by atoms with Gasteiger partial charge in [-0.05, 0) is 24.3 Å². The van der Waals surface area contributed by atoms with Gasteiger partial charge in [-0.25, -0.2) is 4.98 Å². The predicted octanol–water partition coefficient (Wildman–Crippen LogP) is 2.09. The standard InChI is InChI=1S/C13H13N5O2/c14-12-11(18(19)20)10(16-13(15)17-12)9-5-3-8(4-6-9)7-1-2-7/h3-7H,1-2H2,(H4,14,15,16,17). The summed E-state index contributed by atoms with van der Waals surface area (Å²) in [6.07, 6.45) is 2.40. The molecule has 7 heteroatoms. The number of rotatable bonds is 3. The number of nitrogen functional groups attached to an aromatic ring is 2. The molecule has 1 aromatic carbocycles. The highest BCUT2D eigenvalue weighted by molar-refractivity contribution is 5.77. The monoisotopic (exact) mass is 271 g/mol. The summed E-state index contributed by atoms with van der Waals surface area (Å²) in [6, 6.07) is 7.54. The van der Waals surface area contributed by atoms with Crippen molar-refractivity contribution in [2.75, 3.05) is 11.5 Å². The zero-order valence-corrected chi connectivity index (χ0v) is 10.6. The van der Waals surface area contributed by atoms with Crippen molar-refractivity contribution in [3.63, 3.8) is 0 Å². The Balaban J connectivity index is 2.10. The van der Waals surface area contributed by atoms with Gasteiger partial charge in [-0.3, -0.25) is 10.1 Å². The number of nitro groups is 1. The van der Waals surface area contributed by atoms with Crippen LogP contribution >= 0.6 is 0 Å². The van der Waals surface area contributed by atoms with Gasteiger partial charge in [-0.2, -0.15) is 4.98 Å². The fourth-order valence-electron chi connectivity index (χ4n) is 2.20. The molecule has 102 valence electrons. The van der Waals surface area contributed by atoms with Gasteiger partial charge >= 0.3 is 5.69 Å². The Morgan fingerprint density at radius 2 is 1.80 bits per heavy atom.